The summed E-state index contributed by atoms with van der Waals surface area (Å²) in [4.78, 5) is 27.3. The molecule has 0 spiro atoms. The lowest BCUT2D eigenvalue weighted by Crippen LogP contribution is -1.94. The van der Waals surface area contributed by atoms with E-state index in [0.717, 1.165) is 12.0 Å². The molecule has 2 rings (SSSR count). The van der Waals surface area contributed by atoms with Crippen LogP contribution < -0.4 is 10.5 Å². The van der Waals surface area contributed by atoms with Crippen molar-refractivity contribution in [3.05, 3.63) is 47.8 Å². The molecule has 1 aromatic heterocycles. The second kappa shape index (κ2) is 7.54. The highest BCUT2D eigenvalue weighted by atomic mass is 16.5. The SMILES string of the molecule is COc1ccc(C=O)cc1.Nc1ncc(C=O)cn1. The number of benzene rings is 1. The highest BCUT2D eigenvalue weighted by Crippen LogP contribution is 2.09. The zero-order chi connectivity index (χ0) is 14.1. The van der Waals surface area contributed by atoms with Crippen LogP contribution in [0.5, 0.6) is 5.75 Å². The van der Waals surface area contributed by atoms with Crippen LogP contribution in [0.1, 0.15) is 20.7 Å². The Bertz CT molecular complexity index is 524. The number of nitrogens with zero attached hydrogens (tertiary/aromatic N) is 2. The predicted octanol–water partition coefficient (Wildman–Crippen LogP) is 1.38. The van der Waals surface area contributed by atoms with Crippen LogP contribution >= 0.6 is 0 Å². The molecule has 6 heteroatoms. The second-order valence-corrected chi connectivity index (χ2v) is 3.38. The van der Waals surface area contributed by atoms with Gasteiger partial charge in [-0.3, -0.25) is 9.59 Å². The van der Waals surface area contributed by atoms with Crippen molar-refractivity contribution in [1.82, 2.24) is 9.97 Å². The van der Waals surface area contributed by atoms with Crippen LogP contribution in [-0.2, 0) is 0 Å². The number of rotatable bonds is 3. The predicted molar refractivity (Wildman–Crippen MR) is 70.2 cm³/mol. The van der Waals surface area contributed by atoms with Crippen molar-refractivity contribution in [1.29, 1.82) is 0 Å². The van der Waals surface area contributed by atoms with E-state index in [1.807, 2.05) is 0 Å². The van der Waals surface area contributed by atoms with E-state index in [9.17, 15) is 9.59 Å². The lowest BCUT2D eigenvalue weighted by Gasteiger charge is -1.96. The zero-order valence-electron chi connectivity index (χ0n) is 10.3. The van der Waals surface area contributed by atoms with Gasteiger partial charge in [0.05, 0.1) is 12.7 Å². The summed E-state index contributed by atoms with van der Waals surface area (Å²) in [6.45, 7) is 0. The highest BCUT2D eigenvalue weighted by Gasteiger charge is 1.89. The van der Waals surface area contributed by atoms with Gasteiger partial charge in [0.2, 0.25) is 5.95 Å². The van der Waals surface area contributed by atoms with Gasteiger partial charge < -0.3 is 10.5 Å². The molecule has 0 fully saturated rings. The fraction of sp³-hybridized carbons (Fsp3) is 0.0769. The van der Waals surface area contributed by atoms with Crippen LogP contribution in [0.25, 0.3) is 0 Å². The van der Waals surface area contributed by atoms with Gasteiger partial charge in [0.15, 0.2) is 6.29 Å². The van der Waals surface area contributed by atoms with Gasteiger partial charge in [0.25, 0.3) is 0 Å². The first-order valence-electron chi connectivity index (χ1n) is 5.31. The Kier molecular flexibility index (Phi) is 5.68. The zero-order valence-corrected chi connectivity index (χ0v) is 10.3. The number of aldehydes is 2. The Morgan fingerprint density at radius 1 is 1.00 bits per heavy atom. The average Bonchev–Trinajstić information content (AvgIpc) is 2.49. The van der Waals surface area contributed by atoms with Crippen molar-refractivity contribution >= 4 is 18.5 Å². The van der Waals surface area contributed by atoms with E-state index in [1.165, 1.54) is 12.4 Å². The van der Waals surface area contributed by atoms with Crippen LogP contribution in [0.15, 0.2) is 36.7 Å². The van der Waals surface area contributed by atoms with Gasteiger partial charge in [-0.25, -0.2) is 9.97 Å². The third kappa shape index (κ3) is 4.95. The molecule has 0 saturated heterocycles. The molecule has 0 aliphatic carbocycles. The van der Waals surface area contributed by atoms with E-state index in [2.05, 4.69) is 9.97 Å². The number of carbonyl (C=O) groups is 2. The molecule has 0 aliphatic rings. The summed E-state index contributed by atoms with van der Waals surface area (Å²) < 4.78 is 4.90. The summed E-state index contributed by atoms with van der Waals surface area (Å²) in [5.41, 5.74) is 6.25. The van der Waals surface area contributed by atoms with E-state index >= 15 is 0 Å². The molecule has 98 valence electrons. The maximum Gasteiger partial charge on any atom is 0.219 e. The number of aromatic nitrogens is 2. The van der Waals surface area contributed by atoms with Crippen molar-refractivity contribution in [2.45, 2.75) is 0 Å². The van der Waals surface area contributed by atoms with Crippen molar-refractivity contribution < 1.29 is 14.3 Å². The van der Waals surface area contributed by atoms with E-state index in [-0.39, 0.29) is 5.95 Å². The summed E-state index contributed by atoms with van der Waals surface area (Å²) in [6.07, 6.45) is 4.21. The summed E-state index contributed by atoms with van der Waals surface area (Å²) >= 11 is 0. The van der Waals surface area contributed by atoms with Crippen LogP contribution in [0, 0.1) is 0 Å². The Hall–Kier alpha value is -2.76. The van der Waals surface area contributed by atoms with Gasteiger partial charge in [0.1, 0.15) is 12.0 Å². The molecule has 0 bridgehead atoms. The molecular weight excluding hydrogens is 246 g/mol. The maximum absolute atomic E-state index is 10.2. The third-order valence-electron chi connectivity index (χ3n) is 2.08. The fourth-order valence-corrected chi connectivity index (χ4v) is 1.09. The number of hydrogen-bond acceptors (Lipinski definition) is 6. The van der Waals surface area contributed by atoms with E-state index in [4.69, 9.17) is 10.5 Å². The molecule has 1 aromatic carbocycles. The topological polar surface area (TPSA) is 95.2 Å². The standard InChI is InChI=1S/C8H8O2.C5H5N3O/c1-10-8-4-2-7(6-9)3-5-8;6-5-7-1-4(3-9)2-8-5/h2-6H,1H3;1-3H,(H2,6,7,8). The van der Waals surface area contributed by atoms with Crippen molar-refractivity contribution in [3.63, 3.8) is 0 Å². The van der Waals surface area contributed by atoms with E-state index in [1.54, 1.807) is 31.4 Å². The van der Waals surface area contributed by atoms with Gasteiger partial charge in [-0.15, -0.1) is 0 Å². The number of methoxy groups -OCH3 is 1. The Morgan fingerprint density at radius 3 is 1.95 bits per heavy atom. The lowest BCUT2D eigenvalue weighted by molar-refractivity contribution is 0.111. The normalized spacial score (nSPS) is 8.89. The molecule has 2 N–H and O–H groups in total. The third-order valence-corrected chi connectivity index (χ3v) is 2.08. The number of carbonyl (C=O) groups excluding carboxylic acids is 2. The Morgan fingerprint density at radius 2 is 1.53 bits per heavy atom. The largest absolute Gasteiger partial charge is 0.497 e. The molecule has 2 aromatic rings. The molecule has 0 saturated carbocycles. The number of ether oxygens (including phenoxy) is 1. The molecular formula is C13H13N3O3. The van der Waals surface area contributed by atoms with Crippen LogP contribution in [-0.4, -0.2) is 29.7 Å². The van der Waals surface area contributed by atoms with Gasteiger partial charge in [0, 0.05) is 18.0 Å². The number of hydrogen-bond donors (Lipinski definition) is 1. The molecule has 0 atom stereocenters. The summed E-state index contributed by atoms with van der Waals surface area (Å²) in [7, 11) is 1.59. The van der Waals surface area contributed by atoms with Gasteiger partial charge >= 0.3 is 0 Å². The van der Waals surface area contributed by atoms with Gasteiger partial charge in [-0.2, -0.15) is 0 Å². The number of nitrogens with two attached hydrogens (primary N) is 1. The maximum atomic E-state index is 10.2. The van der Waals surface area contributed by atoms with Gasteiger partial charge in [-0.1, -0.05) is 0 Å². The minimum Gasteiger partial charge on any atom is -0.497 e. The lowest BCUT2D eigenvalue weighted by atomic mass is 10.2. The molecule has 19 heavy (non-hydrogen) atoms. The molecule has 0 unspecified atom stereocenters. The second-order valence-electron chi connectivity index (χ2n) is 3.38. The molecule has 1 heterocycles. The molecule has 0 radical (unpaired) electrons. The Balaban J connectivity index is 0.000000191. The van der Waals surface area contributed by atoms with Crippen LogP contribution in [0.4, 0.5) is 5.95 Å². The van der Waals surface area contributed by atoms with Crippen molar-refractivity contribution in [2.24, 2.45) is 0 Å². The molecule has 0 amide bonds. The van der Waals surface area contributed by atoms with Crippen molar-refractivity contribution in [3.8, 4) is 5.75 Å². The first-order chi connectivity index (χ1) is 9.19. The summed E-state index contributed by atoms with van der Waals surface area (Å²) in [6, 6.07) is 6.94. The fourth-order valence-electron chi connectivity index (χ4n) is 1.09. The minimum absolute atomic E-state index is 0.181. The van der Waals surface area contributed by atoms with Crippen LogP contribution in [0.2, 0.25) is 0 Å². The first kappa shape index (κ1) is 14.3. The van der Waals surface area contributed by atoms with Crippen molar-refractivity contribution in [2.75, 3.05) is 12.8 Å². The quantitative estimate of drug-likeness (QED) is 0.836. The van der Waals surface area contributed by atoms with Crippen LogP contribution in [0.3, 0.4) is 0 Å². The molecule has 0 aliphatic heterocycles. The van der Waals surface area contributed by atoms with Gasteiger partial charge in [-0.05, 0) is 24.3 Å². The minimum atomic E-state index is 0.181. The first-order valence-corrected chi connectivity index (χ1v) is 5.31. The Labute approximate surface area is 110 Å². The van der Waals surface area contributed by atoms with E-state index < -0.39 is 0 Å². The smallest absolute Gasteiger partial charge is 0.219 e. The average molecular weight is 259 g/mol. The highest BCUT2D eigenvalue weighted by molar-refractivity contribution is 5.74. The number of nitrogen functional groups attached to an aromatic ring is 1. The summed E-state index contributed by atoms with van der Waals surface area (Å²) in [5, 5.41) is 0. The number of anilines is 1. The summed E-state index contributed by atoms with van der Waals surface area (Å²) in [5.74, 6) is 0.950. The molecule has 6 nitrogen and oxygen atoms in total. The van der Waals surface area contributed by atoms with E-state index in [0.29, 0.717) is 17.4 Å². The monoisotopic (exact) mass is 259 g/mol.